The number of benzene rings is 2. The molecule has 0 amide bonds. The van der Waals surface area contributed by atoms with Gasteiger partial charge >= 0.3 is 0 Å². The zero-order chi connectivity index (χ0) is 14.5. The Bertz CT molecular complexity index is 642. The summed E-state index contributed by atoms with van der Waals surface area (Å²) < 4.78 is 0. The third-order valence-corrected chi connectivity index (χ3v) is 3.59. The van der Waals surface area contributed by atoms with Crippen LogP contribution in [0.15, 0.2) is 59.7 Å². The molecule has 0 aromatic heterocycles. The molecular weight excluding hydrogens is 363 g/mol. The quantitative estimate of drug-likeness (QED) is 0.507. The summed E-state index contributed by atoms with van der Waals surface area (Å²) in [5, 5.41) is 11.4. The van der Waals surface area contributed by atoms with Crippen LogP contribution in [0.3, 0.4) is 0 Å². The van der Waals surface area contributed by atoms with Gasteiger partial charge < -0.3 is 5.11 Å². The average Bonchev–Trinajstić information content (AvgIpc) is 2.75. The van der Waals surface area contributed by atoms with Crippen molar-refractivity contribution in [3.8, 4) is 0 Å². The van der Waals surface area contributed by atoms with Gasteiger partial charge in [-0.1, -0.05) is 62.2 Å². The van der Waals surface area contributed by atoms with E-state index < -0.39 is 0 Å². The van der Waals surface area contributed by atoms with Crippen molar-refractivity contribution in [2.24, 2.45) is 5.92 Å². The van der Waals surface area contributed by atoms with Crippen molar-refractivity contribution in [2.45, 2.75) is 27.4 Å². The van der Waals surface area contributed by atoms with Gasteiger partial charge in [-0.2, -0.15) is 6.08 Å². The molecule has 3 rings (SSSR count). The van der Waals surface area contributed by atoms with Gasteiger partial charge in [0.25, 0.3) is 0 Å². The van der Waals surface area contributed by atoms with E-state index in [0.717, 1.165) is 10.9 Å². The van der Waals surface area contributed by atoms with E-state index in [1.807, 2.05) is 30.3 Å². The normalized spacial score (nSPS) is 15.0. The van der Waals surface area contributed by atoms with Crippen molar-refractivity contribution < 1.29 is 26.8 Å². The molecule has 1 aliphatic carbocycles. The second kappa shape index (κ2) is 11.9. The van der Waals surface area contributed by atoms with E-state index in [4.69, 9.17) is 5.11 Å². The zero-order valence-corrected chi connectivity index (χ0v) is 16.9. The van der Waals surface area contributed by atoms with Crippen molar-refractivity contribution in [2.75, 3.05) is 0 Å². The van der Waals surface area contributed by atoms with Crippen LogP contribution >= 0.6 is 24.8 Å². The minimum atomic E-state index is 0. The van der Waals surface area contributed by atoms with Gasteiger partial charge in [0.15, 0.2) is 0 Å². The molecule has 0 radical (unpaired) electrons. The summed E-state index contributed by atoms with van der Waals surface area (Å²) in [6.07, 6.45) is 5.52. The first-order chi connectivity index (χ1) is 9.61. The average molecular weight is 386 g/mol. The summed E-state index contributed by atoms with van der Waals surface area (Å²) >= 11 is 0. The van der Waals surface area contributed by atoms with E-state index in [0.29, 0.717) is 5.92 Å². The van der Waals surface area contributed by atoms with E-state index in [2.05, 4.69) is 45.1 Å². The SMILES string of the molecule is CC1=[C-]C(C)C=C1C.Cl.Cl.OCc1cccc2ccccc12.[Ti]. The molecule has 1 atom stereocenters. The topological polar surface area (TPSA) is 20.2 Å². The maximum absolute atomic E-state index is 9.04. The van der Waals surface area contributed by atoms with Crippen LogP contribution in [0.5, 0.6) is 0 Å². The summed E-state index contributed by atoms with van der Waals surface area (Å²) in [6.45, 7) is 6.50. The minimum Gasteiger partial charge on any atom is -0.392 e. The number of hydrogen-bond donors (Lipinski definition) is 1. The molecule has 0 bridgehead atoms. The third kappa shape index (κ3) is 6.83. The predicted octanol–water partition coefficient (Wildman–Crippen LogP) is 5.51. The number of aliphatic hydroxyl groups excluding tert-OH is 1. The second-order valence-corrected chi connectivity index (χ2v) is 5.20. The molecule has 124 valence electrons. The third-order valence-electron chi connectivity index (χ3n) is 3.59. The van der Waals surface area contributed by atoms with Gasteiger partial charge in [-0.05, 0) is 16.3 Å². The Balaban J connectivity index is 0. The van der Waals surface area contributed by atoms with Crippen molar-refractivity contribution in [1.29, 1.82) is 0 Å². The Kier molecular flexibility index (Phi) is 12.8. The molecule has 1 unspecified atom stereocenters. The Morgan fingerprint density at radius 1 is 1.00 bits per heavy atom. The van der Waals surface area contributed by atoms with Gasteiger partial charge in [0.05, 0.1) is 6.61 Å². The minimum absolute atomic E-state index is 0. The fraction of sp³-hybridized carbons (Fsp3) is 0.263. The number of rotatable bonds is 1. The largest absolute Gasteiger partial charge is 0.392 e. The van der Waals surface area contributed by atoms with Crippen LogP contribution in [0.25, 0.3) is 10.8 Å². The molecule has 4 heteroatoms. The Labute approximate surface area is 166 Å². The summed E-state index contributed by atoms with van der Waals surface area (Å²) in [7, 11) is 0. The molecule has 0 heterocycles. The predicted molar refractivity (Wildman–Crippen MR) is 99.7 cm³/mol. The summed E-state index contributed by atoms with van der Waals surface area (Å²) in [4.78, 5) is 0. The van der Waals surface area contributed by atoms with Crippen molar-refractivity contribution in [1.82, 2.24) is 0 Å². The first-order valence-corrected chi connectivity index (χ1v) is 6.98. The van der Waals surface area contributed by atoms with Crippen LogP contribution in [0, 0.1) is 12.0 Å². The van der Waals surface area contributed by atoms with Gasteiger partial charge in [-0.15, -0.1) is 31.7 Å². The summed E-state index contributed by atoms with van der Waals surface area (Å²) in [5.74, 6) is 0.551. The van der Waals surface area contributed by atoms with Crippen LogP contribution in [0.4, 0.5) is 0 Å². The van der Waals surface area contributed by atoms with Crippen LogP contribution in [-0.4, -0.2) is 5.11 Å². The van der Waals surface area contributed by atoms with Gasteiger partial charge in [0.1, 0.15) is 0 Å². The molecule has 1 nitrogen and oxygen atoms in total. The monoisotopic (exact) mass is 385 g/mol. The van der Waals surface area contributed by atoms with E-state index in [-0.39, 0.29) is 53.1 Å². The van der Waals surface area contributed by atoms with E-state index in [1.54, 1.807) is 0 Å². The fourth-order valence-electron chi connectivity index (χ4n) is 2.43. The van der Waals surface area contributed by atoms with Crippen LogP contribution in [-0.2, 0) is 28.3 Å². The second-order valence-electron chi connectivity index (χ2n) is 5.20. The molecule has 0 saturated carbocycles. The number of hydrogen-bond acceptors (Lipinski definition) is 1. The summed E-state index contributed by atoms with van der Waals surface area (Å²) in [5.41, 5.74) is 3.70. The first-order valence-electron chi connectivity index (χ1n) is 6.98. The van der Waals surface area contributed by atoms with Crippen molar-refractivity contribution >= 4 is 35.6 Å². The van der Waals surface area contributed by atoms with E-state index in [1.165, 1.54) is 16.5 Å². The maximum atomic E-state index is 9.04. The molecule has 0 spiro atoms. The zero-order valence-electron chi connectivity index (χ0n) is 13.7. The van der Waals surface area contributed by atoms with Gasteiger partial charge in [-0.3, -0.25) is 6.08 Å². The summed E-state index contributed by atoms with van der Waals surface area (Å²) in [6, 6.07) is 14.0. The number of aliphatic hydroxyl groups is 1. The van der Waals surface area contributed by atoms with E-state index in [9.17, 15) is 0 Å². The number of allylic oxidation sites excluding steroid dienone is 4. The van der Waals surface area contributed by atoms with E-state index >= 15 is 0 Å². The van der Waals surface area contributed by atoms with Crippen LogP contribution in [0.1, 0.15) is 26.3 Å². The van der Waals surface area contributed by atoms with Gasteiger partial charge in [0.2, 0.25) is 0 Å². The smallest absolute Gasteiger partial charge is 0.0687 e. The Morgan fingerprint density at radius 3 is 2.09 bits per heavy atom. The molecule has 1 N–H and O–H groups in total. The first kappa shape index (κ1) is 24.7. The molecule has 2 aromatic carbocycles. The van der Waals surface area contributed by atoms with Gasteiger partial charge in [-0.25, -0.2) is 11.1 Å². The Hall–Kier alpha value is -0.566. The maximum Gasteiger partial charge on any atom is 0.0687 e. The molecule has 23 heavy (non-hydrogen) atoms. The Morgan fingerprint density at radius 2 is 1.61 bits per heavy atom. The number of fused-ring (bicyclic) bond motifs is 1. The van der Waals surface area contributed by atoms with Crippen LogP contribution < -0.4 is 0 Å². The number of halogens is 2. The van der Waals surface area contributed by atoms with Crippen molar-refractivity contribution in [3.05, 3.63) is 71.3 Å². The molecule has 0 aliphatic heterocycles. The molecule has 0 fully saturated rings. The molecule has 1 aliphatic rings. The fourth-order valence-corrected chi connectivity index (χ4v) is 2.43. The molecule has 0 saturated heterocycles. The van der Waals surface area contributed by atoms with Crippen molar-refractivity contribution in [3.63, 3.8) is 0 Å². The molecule has 2 aromatic rings. The standard InChI is InChI=1S/C11H10O.C8H11.2ClH.Ti/c12-8-10-6-3-5-9-4-1-2-7-11(9)10;1-6-4-7(2)8(3)5-6;;;/h1-7,12H,8H2;4,6H,1-3H3;2*1H;/q;-1;;;. The van der Waals surface area contributed by atoms with Gasteiger partial charge in [0, 0.05) is 21.7 Å². The molecular formula is C19H23Cl2OTi-. The van der Waals surface area contributed by atoms with Crippen LogP contribution in [0.2, 0.25) is 0 Å².